The molecule has 2 N–H and O–H groups in total. The number of carboxylic acid groups (broad SMARTS) is 1. The predicted octanol–water partition coefficient (Wildman–Crippen LogP) is 1.17. The zero-order valence-electron chi connectivity index (χ0n) is 13.7. The first-order valence-electron chi connectivity index (χ1n) is 8.50. The van der Waals surface area contributed by atoms with E-state index in [0.29, 0.717) is 23.8 Å². The van der Waals surface area contributed by atoms with E-state index in [0.717, 1.165) is 30.9 Å². The summed E-state index contributed by atoms with van der Waals surface area (Å²) >= 11 is 0. The molecule has 2 heterocycles. The zero-order chi connectivity index (χ0) is 16.7. The summed E-state index contributed by atoms with van der Waals surface area (Å²) in [5.74, 6) is 1.45. The van der Waals surface area contributed by atoms with Crippen molar-refractivity contribution >= 4 is 17.4 Å². The van der Waals surface area contributed by atoms with E-state index in [2.05, 4.69) is 25.4 Å². The van der Waals surface area contributed by atoms with E-state index < -0.39 is 5.97 Å². The largest absolute Gasteiger partial charge is 0.480 e. The van der Waals surface area contributed by atoms with Crippen LogP contribution in [0.25, 0.3) is 5.65 Å². The van der Waals surface area contributed by atoms with Crippen LogP contribution in [0.5, 0.6) is 0 Å². The molecule has 2 aromatic rings. The van der Waals surface area contributed by atoms with Crippen LogP contribution in [-0.2, 0) is 4.79 Å². The molecule has 0 radical (unpaired) electrons. The highest BCUT2D eigenvalue weighted by Crippen LogP contribution is 2.34. The number of aliphatic carboxylic acids is 1. The molecule has 0 aromatic carbocycles. The van der Waals surface area contributed by atoms with E-state index in [4.69, 9.17) is 5.11 Å². The van der Waals surface area contributed by atoms with Gasteiger partial charge in [-0.15, -0.1) is 14.8 Å². The van der Waals surface area contributed by atoms with Gasteiger partial charge >= 0.3 is 5.97 Å². The van der Waals surface area contributed by atoms with E-state index in [1.165, 1.54) is 17.5 Å². The number of anilines is 1. The fourth-order valence-corrected chi connectivity index (χ4v) is 3.33. The Labute approximate surface area is 139 Å². The summed E-state index contributed by atoms with van der Waals surface area (Å²) in [5.41, 5.74) is 0.738. The second-order valence-electron chi connectivity index (χ2n) is 6.96. The number of nitrogens with zero attached hydrogens (tertiary/aromatic N) is 5. The smallest absolute Gasteiger partial charge is 0.317 e. The molecule has 2 saturated carbocycles. The van der Waals surface area contributed by atoms with Crippen LogP contribution in [0, 0.1) is 12.8 Å². The van der Waals surface area contributed by atoms with E-state index in [1.54, 1.807) is 0 Å². The average molecular weight is 330 g/mol. The monoisotopic (exact) mass is 330 g/mol. The fourth-order valence-electron chi connectivity index (χ4n) is 3.33. The summed E-state index contributed by atoms with van der Waals surface area (Å²) < 4.78 is 1.54. The highest BCUT2D eigenvalue weighted by atomic mass is 16.4. The van der Waals surface area contributed by atoms with Crippen molar-refractivity contribution in [2.75, 3.05) is 18.4 Å². The van der Waals surface area contributed by atoms with Gasteiger partial charge in [-0.05, 0) is 50.7 Å². The van der Waals surface area contributed by atoms with Gasteiger partial charge in [-0.2, -0.15) is 0 Å². The van der Waals surface area contributed by atoms with Crippen LogP contribution in [0.3, 0.4) is 0 Å². The number of carboxylic acids is 1. The second kappa shape index (κ2) is 6.01. The molecule has 0 aliphatic heterocycles. The molecule has 8 heteroatoms. The maximum Gasteiger partial charge on any atom is 0.317 e. The van der Waals surface area contributed by atoms with Crippen LogP contribution in [0.2, 0.25) is 0 Å². The highest BCUT2D eigenvalue weighted by molar-refractivity contribution is 5.69. The second-order valence-corrected chi connectivity index (χ2v) is 6.96. The van der Waals surface area contributed by atoms with Crippen molar-refractivity contribution in [1.29, 1.82) is 0 Å². The SMILES string of the molecule is Cc1nc2ccc(NC3CC(N(CC(=O)O)CC4CC4)C3)nn2n1. The Kier molecular flexibility index (Phi) is 3.84. The Morgan fingerprint density at radius 2 is 2.17 bits per heavy atom. The van der Waals surface area contributed by atoms with E-state index >= 15 is 0 Å². The van der Waals surface area contributed by atoms with Crippen molar-refractivity contribution < 1.29 is 9.90 Å². The highest BCUT2D eigenvalue weighted by Gasteiger charge is 2.37. The summed E-state index contributed by atoms with van der Waals surface area (Å²) in [6, 6.07) is 4.50. The van der Waals surface area contributed by atoms with Crippen molar-refractivity contribution in [3.63, 3.8) is 0 Å². The molecule has 0 amide bonds. The topological polar surface area (TPSA) is 95.7 Å². The minimum Gasteiger partial charge on any atom is -0.480 e. The number of hydrogen-bond donors (Lipinski definition) is 2. The number of aromatic nitrogens is 4. The number of hydrogen-bond acceptors (Lipinski definition) is 6. The van der Waals surface area contributed by atoms with Crippen molar-refractivity contribution in [3.05, 3.63) is 18.0 Å². The van der Waals surface area contributed by atoms with Gasteiger partial charge in [-0.3, -0.25) is 9.69 Å². The molecule has 2 aliphatic carbocycles. The molecule has 128 valence electrons. The molecule has 2 fully saturated rings. The summed E-state index contributed by atoms with van der Waals surface area (Å²) in [6.45, 7) is 2.91. The van der Waals surface area contributed by atoms with Crippen LogP contribution in [0.1, 0.15) is 31.5 Å². The Bertz CT molecular complexity index is 750. The van der Waals surface area contributed by atoms with Crippen LogP contribution in [0.4, 0.5) is 5.82 Å². The van der Waals surface area contributed by atoms with Crippen LogP contribution in [-0.4, -0.2) is 61.0 Å². The lowest BCUT2D eigenvalue weighted by Gasteiger charge is -2.42. The van der Waals surface area contributed by atoms with E-state index in [9.17, 15) is 4.79 Å². The average Bonchev–Trinajstić information content (AvgIpc) is 3.20. The molecular weight excluding hydrogens is 308 g/mol. The maximum atomic E-state index is 11.1. The number of fused-ring (bicyclic) bond motifs is 1. The number of rotatable bonds is 7. The van der Waals surface area contributed by atoms with E-state index in [-0.39, 0.29) is 6.54 Å². The summed E-state index contributed by atoms with van der Waals surface area (Å²) in [7, 11) is 0. The molecule has 8 nitrogen and oxygen atoms in total. The number of carbonyl (C=O) groups is 1. The maximum absolute atomic E-state index is 11.1. The summed E-state index contributed by atoms with van der Waals surface area (Å²) in [6.07, 6.45) is 4.39. The molecular formula is C16H22N6O2. The molecule has 0 atom stereocenters. The molecule has 24 heavy (non-hydrogen) atoms. The lowest BCUT2D eigenvalue weighted by Crippen LogP contribution is -2.52. The lowest BCUT2D eigenvalue weighted by atomic mass is 9.85. The van der Waals surface area contributed by atoms with Crippen LogP contribution in [0.15, 0.2) is 12.1 Å². The molecule has 0 bridgehead atoms. The van der Waals surface area contributed by atoms with E-state index in [1.807, 2.05) is 19.1 Å². The first-order valence-corrected chi connectivity index (χ1v) is 8.50. The van der Waals surface area contributed by atoms with Crippen molar-refractivity contribution in [1.82, 2.24) is 24.7 Å². The van der Waals surface area contributed by atoms with Crippen molar-refractivity contribution in [2.45, 2.75) is 44.7 Å². The Balaban J connectivity index is 1.34. The molecule has 0 unspecified atom stereocenters. The Morgan fingerprint density at radius 3 is 2.88 bits per heavy atom. The van der Waals surface area contributed by atoms with Crippen molar-refractivity contribution in [3.8, 4) is 0 Å². The molecule has 2 aromatic heterocycles. The minimum atomic E-state index is -0.735. The van der Waals surface area contributed by atoms with Crippen molar-refractivity contribution in [2.24, 2.45) is 5.92 Å². The number of nitrogens with one attached hydrogen (secondary N) is 1. The summed E-state index contributed by atoms with van der Waals surface area (Å²) in [5, 5.41) is 21.2. The van der Waals surface area contributed by atoms with Gasteiger partial charge in [-0.1, -0.05) is 0 Å². The van der Waals surface area contributed by atoms with Gasteiger partial charge in [0.25, 0.3) is 0 Å². The molecule has 0 spiro atoms. The van der Waals surface area contributed by atoms with Gasteiger partial charge in [0, 0.05) is 18.6 Å². The summed E-state index contributed by atoms with van der Waals surface area (Å²) in [4.78, 5) is 17.5. The Morgan fingerprint density at radius 1 is 1.38 bits per heavy atom. The normalized spacial score (nSPS) is 23.4. The number of aryl methyl sites for hydroxylation is 1. The zero-order valence-corrected chi connectivity index (χ0v) is 13.7. The first-order chi connectivity index (χ1) is 11.6. The molecule has 4 rings (SSSR count). The third kappa shape index (κ3) is 3.33. The van der Waals surface area contributed by atoms with Gasteiger partial charge in [0.05, 0.1) is 6.54 Å². The van der Waals surface area contributed by atoms with Gasteiger partial charge < -0.3 is 10.4 Å². The quantitative estimate of drug-likeness (QED) is 0.787. The van der Waals surface area contributed by atoms with Crippen LogP contribution >= 0.6 is 0 Å². The third-order valence-electron chi connectivity index (χ3n) is 4.82. The third-order valence-corrected chi connectivity index (χ3v) is 4.82. The standard InChI is InChI=1S/C16H22N6O2/c1-10-17-15-5-4-14(20-22(15)19-10)18-12-6-13(7-12)21(9-16(23)24)8-11-2-3-11/h4-5,11-13H,2-3,6-9H2,1H3,(H,18,20)(H,23,24). The predicted molar refractivity (Wildman–Crippen MR) is 87.9 cm³/mol. The molecule has 0 saturated heterocycles. The Hall–Kier alpha value is -2.22. The fraction of sp³-hybridized carbons (Fsp3) is 0.625. The van der Waals surface area contributed by atoms with Gasteiger partial charge in [-0.25, -0.2) is 4.98 Å². The minimum absolute atomic E-state index is 0.149. The lowest BCUT2D eigenvalue weighted by molar-refractivity contribution is -0.139. The molecule has 2 aliphatic rings. The first kappa shape index (κ1) is 15.3. The van der Waals surface area contributed by atoms with Gasteiger partial charge in [0.15, 0.2) is 5.65 Å². The van der Waals surface area contributed by atoms with Crippen LogP contribution < -0.4 is 5.32 Å². The van der Waals surface area contributed by atoms with Gasteiger partial charge in [0.2, 0.25) is 0 Å². The van der Waals surface area contributed by atoms with Gasteiger partial charge in [0.1, 0.15) is 11.6 Å².